The van der Waals surface area contributed by atoms with E-state index in [9.17, 15) is 13.0 Å². The second-order valence-electron chi connectivity index (χ2n) is 7.20. The van der Waals surface area contributed by atoms with Crippen LogP contribution in [0.3, 0.4) is 0 Å². The van der Waals surface area contributed by atoms with Crippen LogP contribution in [-0.2, 0) is 10.1 Å². The third-order valence-corrected chi connectivity index (χ3v) is 5.30. The van der Waals surface area contributed by atoms with Crippen LogP contribution in [0.2, 0.25) is 0 Å². The van der Waals surface area contributed by atoms with E-state index in [1.807, 2.05) is 6.92 Å². The zero-order valence-corrected chi connectivity index (χ0v) is 19.5. The summed E-state index contributed by atoms with van der Waals surface area (Å²) in [5.41, 5.74) is 0. The van der Waals surface area contributed by atoms with Gasteiger partial charge in [0.2, 0.25) is 0 Å². The van der Waals surface area contributed by atoms with Crippen LogP contribution in [0, 0.1) is 0 Å². The Morgan fingerprint density at radius 2 is 0.960 bits per heavy atom. The molecule has 0 saturated heterocycles. The summed E-state index contributed by atoms with van der Waals surface area (Å²) in [7, 11) is -4.01. The first-order valence-electron chi connectivity index (χ1n) is 10.0. The molecule has 0 aliphatic rings. The molecule has 25 heavy (non-hydrogen) atoms. The molecule has 1 unspecified atom stereocenters. The van der Waals surface area contributed by atoms with Gasteiger partial charge in [0, 0.05) is 5.75 Å². The van der Waals surface area contributed by atoms with Crippen LogP contribution in [0.4, 0.5) is 0 Å². The molecule has 146 valence electrons. The average Bonchev–Trinajstić information content (AvgIpc) is 2.49. The molecule has 4 nitrogen and oxygen atoms in total. The molecule has 0 rings (SSSR count). The number of unbranched alkanes of at least 4 members (excludes halogenated alkanes) is 14. The smallest absolute Gasteiger partial charge is 0.748 e. The number of rotatable bonds is 18. The zero-order valence-electron chi connectivity index (χ0n) is 16.7. The molecule has 0 fully saturated rings. The Balaban J connectivity index is 0. The van der Waals surface area contributed by atoms with Crippen molar-refractivity contribution >= 4 is 10.1 Å². The number of aliphatic hydroxyl groups is 1. The van der Waals surface area contributed by atoms with Crippen molar-refractivity contribution in [1.82, 2.24) is 0 Å². The van der Waals surface area contributed by atoms with E-state index in [0.717, 1.165) is 32.1 Å². The summed E-state index contributed by atoms with van der Waals surface area (Å²) < 4.78 is 31.3. The molecule has 6 heteroatoms. The maximum atomic E-state index is 10.4. The fourth-order valence-electron chi connectivity index (χ4n) is 3.02. The van der Waals surface area contributed by atoms with E-state index in [4.69, 9.17) is 5.11 Å². The summed E-state index contributed by atoms with van der Waals surface area (Å²) in [6, 6.07) is 0. The van der Waals surface area contributed by atoms with Crippen LogP contribution in [-0.4, -0.2) is 29.9 Å². The van der Waals surface area contributed by atoms with E-state index < -0.39 is 10.1 Å². The Bertz CT molecular complexity index is 358. The molecule has 0 aromatic heterocycles. The summed E-state index contributed by atoms with van der Waals surface area (Å²) in [5, 5.41) is 9.16. The van der Waals surface area contributed by atoms with Crippen LogP contribution in [0.15, 0.2) is 0 Å². The molecule has 0 aromatic rings. The van der Waals surface area contributed by atoms with Crippen LogP contribution < -0.4 is 29.6 Å². The zero-order chi connectivity index (χ0) is 18.1. The van der Waals surface area contributed by atoms with Crippen molar-refractivity contribution in [1.29, 1.82) is 0 Å². The Morgan fingerprint density at radius 1 is 0.680 bits per heavy atom. The number of hydrogen-bond acceptors (Lipinski definition) is 4. The molecule has 0 aliphatic carbocycles. The van der Waals surface area contributed by atoms with Crippen LogP contribution in [0.25, 0.3) is 0 Å². The van der Waals surface area contributed by atoms with Gasteiger partial charge in [-0.3, -0.25) is 0 Å². The normalized spacial score (nSPS) is 12.8. The standard InChI is InChI=1S/C19H40O4S.Na/c1-19(20)17-15-13-11-9-7-5-3-2-4-6-8-10-12-14-16-18-24(21,22)23;/h19-20H,2-18H2,1H3,(H,21,22,23);/q;+1/p-1. The fourth-order valence-corrected chi connectivity index (χ4v) is 3.57. The molecule has 0 heterocycles. The molecular formula is C19H39NaO4S. The SMILES string of the molecule is CC(O)CCCCCCCCCCCCCCCCCS(=O)(=O)[O-].[Na+]. The van der Waals surface area contributed by atoms with Gasteiger partial charge in [0.05, 0.1) is 16.2 Å². The van der Waals surface area contributed by atoms with E-state index in [0.29, 0.717) is 6.42 Å². The molecule has 0 amide bonds. The summed E-state index contributed by atoms with van der Waals surface area (Å²) >= 11 is 0. The van der Waals surface area contributed by atoms with Gasteiger partial charge in [-0.1, -0.05) is 89.9 Å². The van der Waals surface area contributed by atoms with Gasteiger partial charge in [0.15, 0.2) is 0 Å². The number of aliphatic hydroxyl groups excluding tert-OH is 1. The van der Waals surface area contributed by atoms with Crippen molar-refractivity contribution < 1.29 is 47.6 Å². The third-order valence-electron chi connectivity index (χ3n) is 4.52. The van der Waals surface area contributed by atoms with Crippen molar-refractivity contribution in [3.63, 3.8) is 0 Å². The van der Waals surface area contributed by atoms with Gasteiger partial charge >= 0.3 is 29.6 Å². The second-order valence-corrected chi connectivity index (χ2v) is 8.73. The maximum absolute atomic E-state index is 10.4. The van der Waals surface area contributed by atoms with Crippen LogP contribution in [0.1, 0.15) is 110 Å². The molecular weight excluding hydrogens is 347 g/mol. The molecule has 0 aliphatic heterocycles. The molecule has 0 radical (unpaired) electrons. The molecule has 0 saturated carbocycles. The van der Waals surface area contributed by atoms with E-state index in [1.165, 1.54) is 64.2 Å². The third kappa shape index (κ3) is 27.2. The summed E-state index contributed by atoms with van der Waals surface area (Å²) in [6.07, 6.45) is 18.6. The van der Waals surface area contributed by atoms with E-state index in [1.54, 1.807) is 0 Å². The first kappa shape index (κ1) is 28.1. The maximum Gasteiger partial charge on any atom is 1.00 e. The van der Waals surface area contributed by atoms with Crippen LogP contribution in [0.5, 0.6) is 0 Å². The minimum Gasteiger partial charge on any atom is -0.748 e. The van der Waals surface area contributed by atoms with Crippen molar-refractivity contribution in [3.8, 4) is 0 Å². The first-order valence-corrected chi connectivity index (χ1v) is 11.6. The molecule has 1 N–H and O–H groups in total. The monoisotopic (exact) mass is 386 g/mol. The molecule has 0 bridgehead atoms. The van der Waals surface area contributed by atoms with Gasteiger partial charge in [0.25, 0.3) is 0 Å². The molecule has 0 aromatic carbocycles. The van der Waals surface area contributed by atoms with Gasteiger partial charge in [-0.25, -0.2) is 8.42 Å². The molecule has 0 spiro atoms. The van der Waals surface area contributed by atoms with Crippen molar-refractivity contribution in [2.24, 2.45) is 0 Å². The van der Waals surface area contributed by atoms with Gasteiger partial charge in [-0.15, -0.1) is 0 Å². The Morgan fingerprint density at radius 3 is 1.24 bits per heavy atom. The minimum atomic E-state index is -4.01. The summed E-state index contributed by atoms with van der Waals surface area (Å²) in [6.45, 7) is 1.86. The second kappa shape index (κ2) is 19.6. The Labute approximate surface area is 178 Å². The van der Waals surface area contributed by atoms with Gasteiger partial charge in [-0.05, 0) is 19.8 Å². The predicted molar refractivity (Wildman–Crippen MR) is 100 cm³/mol. The quantitative estimate of drug-likeness (QED) is 0.222. The predicted octanol–water partition coefficient (Wildman–Crippen LogP) is 2.16. The van der Waals surface area contributed by atoms with E-state index in [-0.39, 0.29) is 41.4 Å². The number of hydrogen-bond donors (Lipinski definition) is 1. The van der Waals surface area contributed by atoms with Crippen molar-refractivity contribution in [2.75, 3.05) is 5.75 Å². The van der Waals surface area contributed by atoms with Gasteiger partial charge in [-0.2, -0.15) is 0 Å². The van der Waals surface area contributed by atoms with E-state index >= 15 is 0 Å². The Hall–Kier alpha value is 0.870. The fraction of sp³-hybridized carbons (Fsp3) is 1.00. The molecule has 1 atom stereocenters. The van der Waals surface area contributed by atoms with Crippen LogP contribution >= 0.6 is 0 Å². The van der Waals surface area contributed by atoms with Gasteiger partial charge in [0.1, 0.15) is 0 Å². The topological polar surface area (TPSA) is 77.4 Å². The summed E-state index contributed by atoms with van der Waals surface area (Å²) in [5.74, 6) is -0.201. The van der Waals surface area contributed by atoms with Crippen molar-refractivity contribution in [3.05, 3.63) is 0 Å². The largest absolute Gasteiger partial charge is 1.00 e. The Kier molecular flexibility index (Phi) is 22.0. The minimum absolute atomic E-state index is 0. The van der Waals surface area contributed by atoms with E-state index in [2.05, 4.69) is 0 Å². The van der Waals surface area contributed by atoms with Crippen molar-refractivity contribution in [2.45, 2.75) is 116 Å². The van der Waals surface area contributed by atoms with Gasteiger partial charge < -0.3 is 9.66 Å². The first-order chi connectivity index (χ1) is 11.4. The summed E-state index contributed by atoms with van der Waals surface area (Å²) in [4.78, 5) is 0. The average molecular weight is 387 g/mol.